The molecule has 1 unspecified atom stereocenters. The minimum absolute atomic E-state index is 0.131. The van der Waals surface area contributed by atoms with Gasteiger partial charge < -0.3 is 5.32 Å². The predicted molar refractivity (Wildman–Crippen MR) is 68.3 cm³/mol. The van der Waals surface area contributed by atoms with Gasteiger partial charge >= 0.3 is 0 Å². The first-order valence-corrected chi connectivity index (χ1v) is 6.61. The quantitative estimate of drug-likeness (QED) is 0.858. The highest BCUT2D eigenvalue weighted by molar-refractivity contribution is 7.05. The molecule has 0 saturated carbocycles. The minimum atomic E-state index is 0.131. The van der Waals surface area contributed by atoms with E-state index in [0.29, 0.717) is 12.3 Å². The van der Waals surface area contributed by atoms with Gasteiger partial charge in [-0.2, -0.15) is 4.80 Å². The maximum Gasteiger partial charge on any atom is 0.176 e. The van der Waals surface area contributed by atoms with E-state index in [2.05, 4.69) is 44.2 Å². The van der Waals surface area contributed by atoms with Crippen LogP contribution in [0.2, 0.25) is 0 Å². The van der Waals surface area contributed by atoms with Gasteiger partial charge in [0.15, 0.2) is 5.82 Å². The van der Waals surface area contributed by atoms with Gasteiger partial charge in [0.05, 0.1) is 23.7 Å². The van der Waals surface area contributed by atoms with Crippen molar-refractivity contribution in [3.8, 4) is 0 Å². The van der Waals surface area contributed by atoms with Gasteiger partial charge in [-0.1, -0.05) is 18.3 Å². The molecule has 0 aliphatic carbocycles. The number of tetrazole rings is 1. The number of aromatic nitrogens is 6. The lowest BCUT2D eigenvalue weighted by Crippen LogP contribution is -2.20. The van der Waals surface area contributed by atoms with Crippen molar-refractivity contribution in [2.45, 2.75) is 32.2 Å². The van der Waals surface area contributed by atoms with Gasteiger partial charge in [0, 0.05) is 6.42 Å². The first-order valence-electron chi connectivity index (χ1n) is 5.84. The maximum atomic E-state index is 4.20. The molecule has 2 aromatic rings. The smallest absolute Gasteiger partial charge is 0.176 e. The standard InChI is InChI=1S/C10H17N7S/c1-6(2)9-10(18-16-13-9)7(11-3)5-8-12-15-17(4)14-8/h6-7,11H,5H2,1-4H3. The van der Waals surface area contributed by atoms with E-state index < -0.39 is 0 Å². The highest BCUT2D eigenvalue weighted by Gasteiger charge is 2.21. The van der Waals surface area contributed by atoms with Crippen LogP contribution >= 0.6 is 11.5 Å². The van der Waals surface area contributed by atoms with Crippen LogP contribution in [0.25, 0.3) is 0 Å². The molecule has 2 aromatic heterocycles. The lowest BCUT2D eigenvalue weighted by atomic mass is 10.0. The second kappa shape index (κ2) is 5.49. The number of likely N-dealkylation sites (N-methyl/N-ethyl adjacent to an activating group) is 1. The zero-order valence-corrected chi connectivity index (χ0v) is 11.8. The van der Waals surface area contributed by atoms with Crippen molar-refractivity contribution in [2.24, 2.45) is 7.05 Å². The third kappa shape index (κ3) is 2.70. The van der Waals surface area contributed by atoms with Crippen molar-refractivity contribution >= 4 is 11.5 Å². The summed E-state index contributed by atoms with van der Waals surface area (Å²) in [6.45, 7) is 4.24. The van der Waals surface area contributed by atoms with Crippen LogP contribution in [0, 0.1) is 0 Å². The van der Waals surface area contributed by atoms with E-state index in [-0.39, 0.29) is 6.04 Å². The SMILES string of the molecule is CNC(Cc1nnn(C)n1)c1snnc1C(C)C. The van der Waals surface area contributed by atoms with Crippen molar-refractivity contribution in [3.63, 3.8) is 0 Å². The number of rotatable bonds is 5. The summed E-state index contributed by atoms with van der Waals surface area (Å²) in [5.74, 6) is 1.09. The van der Waals surface area contributed by atoms with Gasteiger partial charge in [-0.3, -0.25) is 0 Å². The molecule has 1 N–H and O–H groups in total. The fourth-order valence-electron chi connectivity index (χ4n) is 1.76. The first kappa shape index (κ1) is 13.0. The molecule has 0 radical (unpaired) electrons. The van der Waals surface area contributed by atoms with Crippen LogP contribution in [0.4, 0.5) is 0 Å². The second-order valence-electron chi connectivity index (χ2n) is 4.42. The molecule has 98 valence electrons. The second-order valence-corrected chi connectivity index (χ2v) is 5.20. The number of aryl methyl sites for hydroxylation is 1. The van der Waals surface area contributed by atoms with Gasteiger partial charge in [0.1, 0.15) is 0 Å². The Labute approximate surface area is 110 Å². The molecular weight excluding hydrogens is 250 g/mol. The number of nitrogens with zero attached hydrogens (tertiary/aromatic N) is 6. The van der Waals surface area contributed by atoms with Crippen LogP contribution in [-0.4, -0.2) is 36.8 Å². The van der Waals surface area contributed by atoms with Crippen molar-refractivity contribution in [1.82, 2.24) is 35.1 Å². The van der Waals surface area contributed by atoms with E-state index in [9.17, 15) is 0 Å². The molecule has 0 spiro atoms. The third-order valence-electron chi connectivity index (χ3n) is 2.69. The van der Waals surface area contributed by atoms with Crippen LogP contribution in [-0.2, 0) is 13.5 Å². The monoisotopic (exact) mass is 267 g/mol. The van der Waals surface area contributed by atoms with Gasteiger partial charge in [0.25, 0.3) is 0 Å². The van der Waals surface area contributed by atoms with Crippen LogP contribution in [0.1, 0.15) is 42.2 Å². The van der Waals surface area contributed by atoms with E-state index in [1.807, 2.05) is 7.05 Å². The normalized spacial score (nSPS) is 13.2. The van der Waals surface area contributed by atoms with Gasteiger partial charge in [0.2, 0.25) is 0 Å². The Morgan fingerprint density at radius 1 is 1.33 bits per heavy atom. The zero-order chi connectivity index (χ0) is 13.1. The summed E-state index contributed by atoms with van der Waals surface area (Å²) in [5, 5.41) is 19.5. The summed E-state index contributed by atoms with van der Waals surface area (Å²) in [5.41, 5.74) is 1.04. The Morgan fingerprint density at radius 2 is 2.11 bits per heavy atom. The fraction of sp³-hybridized carbons (Fsp3) is 0.700. The lowest BCUT2D eigenvalue weighted by Gasteiger charge is -2.14. The average molecular weight is 267 g/mol. The summed E-state index contributed by atoms with van der Waals surface area (Å²) < 4.78 is 4.05. The van der Waals surface area contributed by atoms with E-state index >= 15 is 0 Å². The minimum Gasteiger partial charge on any atom is -0.312 e. The molecule has 0 aliphatic rings. The summed E-state index contributed by atoms with van der Waals surface area (Å²) >= 11 is 1.43. The number of hydrogen-bond acceptors (Lipinski definition) is 7. The Balaban J connectivity index is 2.20. The Bertz CT molecular complexity index is 504. The summed E-state index contributed by atoms with van der Waals surface area (Å²) in [6.07, 6.45) is 0.688. The molecule has 0 aromatic carbocycles. The number of hydrogen-bond donors (Lipinski definition) is 1. The van der Waals surface area contributed by atoms with E-state index in [4.69, 9.17) is 0 Å². The largest absolute Gasteiger partial charge is 0.312 e. The molecule has 2 heterocycles. The molecular formula is C10H17N7S. The van der Waals surface area contributed by atoms with E-state index in [1.54, 1.807) is 7.05 Å². The Hall–Kier alpha value is -1.41. The zero-order valence-electron chi connectivity index (χ0n) is 11.0. The van der Waals surface area contributed by atoms with Gasteiger partial charge in [-0.25, -0.2) is 0 Å². The molecule has 7 nitrogen and oxygen atoms in total. The molecule has 8 heteroatoms. The predicted octanol–water partition coefficient (Wildman–Crippen LogP) is 0.688. The maximum absolute atomic E-state index is 4.20. The Morgan fingerprint density at radius 3 is 2.67 bits per heavy atom. The topological polar surface area (TPSA) is 81.4 Å². The van der Waals surface area contributed by atoms with E-state index in [1.165, 1.54) is 16.3 Å². The van der Waals surface area contributed by atoms with Crippen molar-refractivity contribution < 1.29 is 0 Å². The molecule has 2 rings (SSSR count). The fourth-order valence-corrected chi connectivity index (χ4v) is 2.68. The van der Waals surface area contributed by atoms with Gasteiger partial charge in [-0.15, -0.1) is 15.3 Å². The summed E-state index contributed by atoms with van der Waals surface area (Å²) in [7, 11) is 3.68. The van der Waals surface area contributed by atoms with E-state index in [0.717, 1.165) is 16.4 Å². The first-order chi connectivity index (χ1) is 8.61. The summed E-state index contributed by atoms with van der Waals surface area (Å²) in [4.78, 5) is 2.62. The Kier molecular flexibility index (Phi) is 3.97. The molecule has 0 saturated heterocycles. The average Bonchev–Trinajstić information content (AvgIpc) is 2.94. The van der Waals surface area contributed by atoms with Gasteiger partial charge in [-0.05, 0) is 29.7 Å². The van der Waals surface area contributed by atoms with Crippen molar-refractivity contribution in [3.05, 3.63) is 16.4 Å². The molecule has 0 aliphatic heterocycles. The number of nitrogens with one attached hydrogen (secondary N) is 1. The highest BCUT2D eigenvalue weighted by atomic mass is 32.1. The molecule has 0 amide bonds. The molecule has 0 bridgehead atoms. The van der Waals surface area contributed by atoms with Crippen LogP contribution in [0.15, 0.2) is 0 Å². The molecule has 0 fully saturated rings. The van der Waals surface area contributed by atoms with Crippen molar-refractivity contribution in [2.75, 3.05) is 7.05 Å². The highest BCUT2D eigenvalue weighted by Crippen LogP contribution is 2.27. The third-order valence-corrected chi connectivity index (χ3v) is 3.54. The lowest BCUT2D eigenvalue weighted by molar-refractivity contribution is 0.569. The molecule has 1 atom stereocenters. The van der Waals surface area contributed by atoms with Crippen LogP contribution in [0.5, 0.6) is 0 Å². The van der Waals surface area contributed by atoms with Crippen LogP contribution in [0.3, 0.4) is 0 Å². The summed E-state index contributed by atoms with van der Waals surface area (Å²) in [6, 6.07) is 0.131. The molecule has 18 heavy (non-hydrogen) atoms. The van der Waals surface area contributed by atoms with Crippen molar-refractivity contribution in [1.29, 1.82) is 0 Å². The van der Waals surface area contributed by atoms with Crippen LogP contribution < -0.4 is 5.32 Å².